The summed E-state index contributed by atoms with van der Waals surface area (Å²) in [6, 6.07) is 11.1. The van der Waals surface area contributed by atoms with Gasteiger partial charge in [-0.05, 0) is 67.7 Å². The van der Waals surface area contributed by atoms with Crippen LogP contribution in [0, 0.1) is 23.5 Å². The molecule has 2 heterocycles. The lowest BCUT2D eigenvalue weighted by molar-refractivity contribution is -0.141. The number of hydrogen-bond acceptors (Lipinski definition) is 5. The molecule has 2 fully saturated rings. The molecule has 0 bridgehead atoms. The molecule has 2 saturated heterocycles. The van der Waals surface area contributed by atoms with Crippen molar-refractivity contribution in [2.45, 2.75) is 89.6 Å². The number of amides is 2. The quantitative estimate of drug-likeness (QED) is 0.312. The Labute approximate surface area is 248 Å². The van der Waals surface area contributed by atoms with Crippen LogP contribution in [0.15, 0.2) is 48.5 Å². The lowest BCUT2D eigenvalue weighted by Crippen LogP contribution is -2.57. The summed E-state index contributed by atoms with van der Waals surface area (Å²) >= 11 is 0. The van der Waals surface area contributed by atoms with Gasteiger partial charge in [-0.1, -0.05) is 51.1 Å². The van der Waals surface area contributed by atoms with E-state index in [1.54, 1.807) is 4.90 Å². The number of aliphatic hydroxyl groups is 1. The van der Waals surface area contributed by atoms with Crippen molar-refractivity contribution in [3.8, 4) is 0 Å². The minimum Gasteiger partial charge on any atom is -0.389 e. The molecule has 42 heavy (non-hydrogen) atoms. The van der Waals surface area contributed by atoms with Crippen LogP contribution in [-0.2, 0) is 27.2 Å². The molecular formula is C33H45F2N3O4. The number of nitrogens with zero attached hydrogens (tertiary/aromatic N) is 1. The molecule has 2 aliphatic rings. The predicted octanol–water partition coefficient (Wildman–Crippen LogP) is 4.02. The molecule has 230 valence electrons. The van der Waals surface area contributed by atoms with Gasteiger partial charge in [-0.2, -0.15) is 0 Å². The molecule has 2 aromatic carbocycles. The zero-order valence-corrected chi connectivity index (χ0v) is 24.9. The lowest BCUT2D eigenvalue weighted by Gasteiger charge is -2.33. The molecule has 2 amide bonds. The van der Waals surface area contributed by atoms with E-state index in [1.807, 2.05) is 51.1 Å². The van der Waals surface area contributed by atoms with Gasteiger partial charge in [0.2, 0.25) is 11.8 Å². The monoisotopic (exact) mass is 585 g/mol. The van der Waals surface area contributed by atoms with E-state index in [2.05, 4.69) is 10.6 Å². The highest BCUT2D eigenvalue weighted by atomic mass is 19.1. The average Bonchev–Trinajstić information content (AvgIpc) is 3.58. The normalized spacial score (nSPS) is 22.9. The number of carbonyl (C=O) groups is 2. The molecular weight excluding hydrogens is 540 g/mol. The van der Waals surface area contributed by atoms with Gasteiger partial charge in [0.15, 0.2) is 0 Å². The molecule has 7 nitrogen and oxygen atoms in total. The minimum absolute atomic E-state index is 0.0220. The van der Waals surface area contributed by atoms with E-state index in [0.717, 1.165) is 18.1 Å². The third kappa shape index (κ3) is 8.36. The molecule has 0 radical (unpaired) electrons. The van der Waals surface area contributed by atoms with Gasteiger partial charge in [-0.3, -0.25) is 9.59 Å². The smallest absolute Gasteiger partial charge is 0.243 e. The zero-order valence-electron chi connectivity index (χ0n) is 24.9. The second-order valence-electron chi connectivity index (χ2n) is 12.0. The fourth-order valence-electron chi connectivity index (χ4n) is 6.23. The van der Waals surface area contributed by atoms with E-state index >= 15 is 0 Å². The fraction of sp³-hybridized carbons (Fsp3) is 0.576. The van der Waals surface area contributed by atoms with Crippen LogP contribution < -0.4 is 10.6 Å². The van der Waals surface area contributed by atoms with Crippen molar-refractivity contribution >= 4 is 11.8 Å². The number of benzene rings is 2. The molecule has 1 unspecified atom stereocenters. The highest BCUT2D eigenvalue weighted by Crippen LogP contribution is 2.29. The van der Waals surface area contributed by atoms with Crippen LogP contribution in [0.2, 0.25) is 0 Å². The van der Waals surface area contributed by atoms with Crippen molar-refractivity contribution in [3.05, 3.63) is 71.3 Å². The van der Waals surface area contributed by atoms with Gasteiger partial charge in [0, 0.05) is 37.7 Å². The SMILES string of the molecule is CCCO[C@H]1CN[C@@H]([C@@H](O)[C@H](Cc2cc(F)cc(F)c2)NC(=O)C(CCc2ccccc2)N2CC[C@H](C(C)C)C2=O)C1. The number of hydrogen-bond donors (Lipinski definition) is 3. The maximum absolute atomic E-state index is 14.1. The number of likely N-dealkylation sites (tertiary alicyclic amines) is 1. The Morgan fingerprint density at radius 3 is 2.50 bits per heavy atom. The van der Waals surface area contributed by atoms with Crippen molar-refractivity contribution in [3.63, 3.8) is 0 Å². The molecule has 2 aromatic rings. The number of aliphatic hydroxyl groups excluding tert-OH is 1. The van der Waals surface area contributed by atoms with Crippen LogP contribution in [-0.4, -0.2) is 71.9 Å². The predicted molar refractivity (Wildman–Crippen MR) is 158 cm³/mol. The summed E-state index contributed by atoms with van der Waals surface area (Å²) in [5.41, 5.74) is 1.38. The summed E-state index contributed by atoms with van der Waals surface area (Å²) in [6.07, 6.45) is 2.02. The standard InChI is InChI=1S/C33H45F2N3O4/c1-4-14-42-26-19-28(36-20-26)31(39)29(17-23-15-24(34)18-25(35)16-23)37-32(40)30(11-10-22-8-6-5-7-9-22)38-13-12-27(21(2)3)33(38)41/h5-9,15-16,18,21,26-31,36,39H,4,10-14,17,19-20H2,1-3H3,(H,37,40)/t26-,27-,28-,29+,30?,31-/m1/s1. The Bertz CT molecular complexity index is 1160. The minimum atomic E-state index is -1.05. The zero-order chi connectivity index (χ0) is 30.2. The van der Waals surface area contributed by atoms with Crippen molar-refractivity contribution in [1.82, 2.24) is 15.5 Å². The van der Waals surface area contributed by atoms with Crippen LogP contribution >= 0.6 is 0 Å². The van der Waals surface area contributed by atoms with Crippen LogP contribution in [0.3, 0.4) is 0 Å². The highest BCUT2D eigenvalue weighted by molar-refractivity contribution is 5.90. The first-order valence-corrected chi connectivity index (χ1v) is 15.3. The Balaban J connectivity index is 1.56. The summed E-state index contributed by atoms with van der Waals surface area (Å²) in [4.78, 5) is 29.1. The Kier molecular flexibility index (Phi) is 11.5. The Hall–Kier alpha value is -2.88. The number of carbonyl (C=O) groups excluding carboxylic acids is 2. The molecule has 3 N–H and O–H groups in total. The summed E-state index contributed by atoms with van der Waals surface area (Å²) in [6.45, 7) is 7.72. The molecule has 0 spiro atoms. The van der Waals surface area contributed by atoms with Crippen LogP contribution in [0.4, 0.5) is 8.78 Å². The van der Waals surface area contributed by atoms with E-state index in [4.69, 9.17) is 4.74 Å². The molecule has 2 aliphatic heterocycles. The second-order valence-corrected chi connectivity index (χ2v) is 12.0. The van der Waals surface area contributed by atoms with Crippen LogP contribution in [0.1, 0.15) is 57.6 Å². The van der Waals surface area contributed by atoms with Gasteiger partial charge < -0.3 is 25.4 Å². The van der Waals surface area contributed by atoms with E-state index in [9.17, 15) is 23.5 Å². The Morgan fingerprint density at radius 2 is 1.86 bits per heavy atom. The van der Waals surface area contributed by atoms with E-state index in [1.165, 1.54) is 12.1 Å². The van der Waals surface area contributed by atoms with Gasteiger partial charge in [0.25, 0.3) is 0 Å². The average molecular weight is 586 g/mol. The number of halogens is 2. The maximum Gasteiger partial charge on any atom is 0.243 e. The largest absolute Gasteiger partial charge is 0.389 e. The summed E-state index contributed by atoms with van der Waals surface area (Å²) < 4.78 is 34.0. The van der Waals surface area contributed by atoms with E-state index in [-0.39, 0.29) is 42.2 Å². The molecule has 0 aliphatic carbocycles. The lowest BCUT2D eigenvalue weighted by atomic mass is 9.93. The van der Waals surface area contributed by atoms with Crippen molar-refractivity contribution in [1.29, 1.82) is 0 Å². The first-order valence-electron chi connectivity index (χ1n) is 15.3. The van der Waals surface area contributed by atoms with Gasteiger partial charge in [-0.25, -0.2) is 8.78 Å². The number of rotatable bonds is 14. The number of nitrogens with one attached hydrogen (secondary N) is 2. The molecule has 4 rings (SSSR count). The van der Waals surface area contributed by atoms with Crippen molar-refractivity contribution in [2.75, 3.05) is 19.7 Å². The summed E-state index contributed by atoms with van der Waals surface area (Å²) in [7, 11) is 0. The fourth-order valence-corrected chi connectivity index (χ4v) is 6.23. The summed E-state index contributed by atoms with van der Waals surface area (Å²) in [5.74, 6) is -1.83. The maximum atomic E-state index is 14.1. The topological polar surface area (TPSA) is 90.9 Å². The molecule has 0 aromatic heterocycles. The third-order valence-corrected chi connectivity index (χ3v) is 8.53. The number of ether oxygens (including phenoxy) is 1. The van der Waals surface area contributed by atoms with E-state index in [0.29, 0.717) is 50.9 Å². The van der Waals surface area contributed by atoms with Gasteiger partial charge in [0.1, 0.15) is 17.7 Å². The van der Waals surface area contributed by atoms with Crippen LogP contribution in [0.25, 0.3) is 0 Å². The summed E-state index contributed by atoms with van der Waals surface area (Å²) in [5, 5.41) is 17.8. The van der Waals surface area contributed by atoms with E-state index < -0.39 is 29.8 Å². The van der Waals surface area contributed by atoms with Gasteiger partial charge in [-0.15, -0.1) is 0 Å². The molecule has 9 heteroatoms. The third-order valence-electron chi connectivity index (χ3n) is 8.53. The first-order chi connectivity index (χ1) is 20.2. The highest BCUT2D eigenvalue weighted by Gasteiger charge is 2.41. The Morgan fingerprint density at radius 1 is 1.14 bits per heavy atom. The van der Waals surface area contributed by atoms with Crippen molar-refractivity contribution < 1.29 is 28.2 Å². The van der Waals surface area contributed by atoms with Gasteiger partial charge >= 0.3 is 0 Å². The first kappa shape index (κ1) is 32.0. The van der Waals surface area contributed by atoms with Gasteiger partial charge in [0.05, 0.1) is 18.2 Å². The molecule has 6 atom stereocenters. The molecule has 0 saturated carbocycles. The van der Waals surface area contributed by atoms with Crippen molar-refractivity contribution in [2.24, 2.45) is 11.8 Å². The number of aryl methyl sites for hydroxylation is 1. The van der Waals surface area contributed by atoms with Crippen LogP contribution in [0.5, 0.6) is 0 Å². The second kappa shape index (κ2) is 15.0.